The predicted octanol–water partition coefficient (Wildman–Crippen LogP) is -0.607. The van der Waals surface area contributed by atoms with Crippen molar-refractivity contribution >= 4 is 11.8 Å². The van der Waals surface area contributed by atoms with Crippen LogP contribution in [0, 0.1) is 0 Å². The van der Waals surface area contributed by atoms with E-state index in [0.29, 0.717) is 32.5 Å². The molecular weight excluding hydrogens is 334 g/mol. The van der Waals surface area contributed by atoms with Gasteiger partial charge in [-0.25, -0.2) is 0 Å². The van der Waals surface area contributed by atoms with E-state index in [-0.39, 0.29) is 17.7 Å². The Morgan fingerprint density at radius 1 is 1.27 bits per heavy atom. The normalized spacial score (nSPS) is 21.5. The van der Waals surface area contributed by atoms with Gasteiger partial charge in [-0.1, -0.05) is 18.6 Å². The number of likely N-dealkylation sites (tertiary alicyclic amines) is 1. The second-order valence-electron chi connectivity index (χ2n) is 6.85. The molecule has 1 heterocycles. The molecule has 1 aliphatic heterocycles. The third kappa shape index (κ3) is 5.69. The first-order valence-electron chi connectivity index (χ1n) is 8.98. The third-order valence-electron chi connectivity index (χ3n) is 4.71. The number of rotatable bonds is 9. The van der Waals surface area contributed by atoms with Crippen molar-refractivity contribution in [2.75, 3.05) is 13.1 Å². The fourth-order valence-corrected chi connectivity index (χ4v) is 3.26. The van der Waals surface area contributed by atoms with Gasteiger partial charge in [0, 0.05) is 19.1 Å². The summed E-state index contributed by atoms with van der Waals surface area (Å²) in [5.74, 6) is -0.426. The molecule has 1 aliphatic rings. The zero-order valence-electron chi connectivity index (χ0n) is 14.9. The molecule has 2 amide bonds. The molecule has 3 atom stereocenters. The van der Waals surface area contributed by atoms with Crippen molar-refractivity contribution in [3.8, 4) is 5.75 Å². The Bertz CT molecular complexity index is 607. The van der Waals surface area contributed by atoms with Gasteiger partial charge in [0.1, 0.15) is 5.75 Å². The Morgan fingerprint density at radius 2 is 1.96 bits per heavy atom. The van der Waals surface area contributed by atoms with Gasteiger partial charge in [0.25, 0.3) is 0 Å². The number of unbranched alkanes of at least 4 members (excludes halogenated alkanes) is 1. The van der Waals surface area contributed by atoms with E-state index in [2.05, 4.69) is 5.32 Å². The van der Waals surface area contributed by atoms with Crippen LogP contribution >= 0.6 is 0 Å². The van der Waals surface area contributed by atoms with Gasteiger partial charge in [0.2, 0.25) is 11.8 Å². The van der Waals surface area contributed by atoms with Crippen molar-refractivity contribution in [3.63, 3.8) is 0 Å². The molecule has 0 aliphatic carbocycles. The molecular formula is C18H29N5O3. The minimum absolute atomic E-state index is 0.169. The summed E-state index contributed by atoms with van der Waals surface area (Å²) in [5.41, 5.74) is 17.9. The number of hydrogen-bond donors (Lipinski definition) is 5. The van der Waals surface area contributed by atoms with E-state index in [4.69, 9.17) is 17.2 Å². The lowest BCUT2D eigenvalue weighted by molar-refractivity contribution is -0.124. The van der Waals surface area contributed by atoms with Gasteiger partial charge in [-0.05, 0) is 43.5 Å². The number of hydrogen-bond acceptors (Lipinski definition) is 6. The summed E-state index contributed by atoms with van der Waals surface area (Å²) >= 11 is 0. The van der Waals surface area contributed by atoms with Crippen molar-refractivity contribution in [2.45, 2.75) is 50.4 Å². The first-order valence-corrected chi connectivity index (χ1v) is 8.98. The highest BCUT2D eigenvalue weighted by atomic mass is 16.3. The Hall–Kier alpha value is -2.16. The summed E-state index contributed by atoms with van der Waals surface area (Å²) in [5, 5.41) is 12.3. The van der Waals surface area contributed by atoms with Crippen molar-refractivity contribution in [1.29, 1.82) is 0 Å². The van der Waals surface area contributed by atoms with Crippen LogP contribution in [-0.4, -0.2) is 53.0 Å². The highest BCUT2D eigenvalue weighted by Crippen LogP contribution is 2.21. The summed E-state index contributed by atoms with van der Waals surface area (Å²) in [6.45, 7) is 1.63. The highest BCUT2D eigenvalue weighted by Gasteiger charge is 2.36. The number of carbonyl (C=O) groups excluding carboxylic acids is 2. The molecule has 8 heteroatoms. The highest BCUT2D eigenvalue weighted by molar-refractivity contribution is 5.83. The van der Waals surface area contributed by atoms with Crippen LogP contribution in [0.25, 0.3) is 0 Å². The van der Waals surface area contributed by atoms with Crippen LogP contribution in [0.5, 0.6) is 5.75 Å². The number of nitrogens with one attached hydrogen (secondary N) is 1. The summed E-state index contributed by atoms with van der Waals surface area (Å²) in [6.07, 6.45) is 2.71. The van der Waals surface area contributed by atoms with Crippen LogP contribution in [0.2, 0.25) is 0 Å². The van der Waals surface area contributed by atoms with Gasteiger partial charge in [-0.15, -0.1) is 0 Å². The SMILES string of the molecule is NCCCC[C@H](N)C(=O)N[C@H]1C[C@@H](C(N)=O)N(Cc2ccc(O)cc2)C1. The molecule has 2 rings (SSSR count). The van der Waals surface area contributed by atoms with Crippen LogP contribution in [0.3, 0.4) is 0 Å². The third-order valence-corrected chi connectivity index (χ3v) is 4.71. The maximum absolute atomic E-state index is 12.2. The average Bonchev–Trinajstić information content (AvgIpc) is 2.99. The van der Waals surface area contributed by atoms with E-state index in [0.717, 1.165) is 18.4 Å². The van der Waals surface area contributed by atoms with Crippen LogP contribution in [0.1, 0.15) is 31.2 Å². The first-order chi connectivity index (χ1) is 12.4. The summed E-state index contributed by atoms with van der Waals surface area (Å²) in [7, 11) is 0. The maximum Gasteiger partial charge on any atom is 0.237 e. The van der Waals surface area contributed by atoms with Gasteiger partial charge >= 0.3 is 0 Å². The second-order valence-corrected chi connectivity index (χ2v) is 6.85. The lowest BCUT2D eigenvalue weighted by Crippen LogP contribution is -2.46. The predicted molar refractivity (Wildman–Crippen MR) is 98.9 cm³/mol. The molecule has 0 aromatic heterocycles. The van der Waals surface area contributed by atoms with E-state index in [1.807, 2.05) is 4.90 Å². The smallest absolute Gasteiger partial charge is 0.237 e. The van der Waals surface area contributed by atoms with Crippen molar-refractivity contribution < 1.29 is 14.7 Å². The fraction of sp³-hybridized carbons (Fsp3) is 0.556. The van der Waals surface area contributed by atoms with Gasteiger partial charge in [-0.3, -0.25) is 14.5 Å². The zero-order chi connectivity index (χ0) is 19.1. The molecule has 26 heavy (non-hydrogen) atoms. The Kier molecular flexibility index (Phi) is 7.38. The molecule has 144 valence electrons. The second kappa shape index (κ2) is 9.51. The Balaban J connectivity index is 1.92. The summed E-state index contributed by atoms with van der Waals surface area (Å²) in [4.78, 5) is 26.0. The van der Waals surface area contributed by atoms with Crippen LogP contribution < -0.4 is 22.5 Å². The van der Waals surface area contributed by atoms with Crippen molar-refractivity contribution in [3.05, 3.63) is 29.8 Å². The standard InChI is InChI=1S/C18H29N5O3/c19-8-2-1-3-15(20)18(26)22-13-9-16(17(21)25)23(11-13)10-12-4-6-14(24)7-5-12/h4-7,13,15-16,24H,1-3,8-11,19-20H2,(H2,21,25)(H,22,26)/t13-,15-,16-/m0/s1. The molecule has 1 fully saturated rings. The van der Waals surface area contributed by atoms with Gasteiger partial charge in [-0.2, -0.15) is 0 Å². The molecule has 1 aromatic rings. The summed E-state index contributed by atoms with van der Waals surface area (Å²) < 4.78 is 0. The number of aromatic hydroxyl groups is 1. The monoisotopic (exact) mass is 363 g/mol. The van der Waals surface area contributed by atoms with E-state index in [1.54, 1.807) is 24.3 Å². The number of amides is 2. The molecule has 1 saturated heterocycles. The van der Waals surface area contributed by atoms with E-state index in [9.17, 15) is 14.7 Å². The largest absolute Gasteiger partial charge is 0.508 e. The minimum atomic E-state index is -0.570. The Labute approximate surface area is 153 Å². The van der Waals surface area contributed by atoms with Crippen molar-refractivity contribution in [1.82, 2.24) is 10.2 Å². The van der Waals surface area contributed by atoms with E-state index >= 15 is 0 Å². The first kappa shape index (κ1) is 20.2. The molecule has 0 radical (unpaired) electrons. The molecule has 1 aromatic carbocycles. The number of carbonyl (C=O) groups is 2. The molecule has 0 saturated carbocycles. The topological polar surface area (TPSA) is 148 Å². The van der Waals surface area contributed by atoms with Gasteiger partial charge in [0.15, 0.2) is 0 Å². The zero-order valence-corrected chi connectivity index (χ0v) is 14.9. The molecule has 0 spiro atoms. The van der Waals surface area contributed by atoms with Crippen LogP contribution in [-0.2, 0) is 16.1 Å². The number of nitrogens with two attached hydrogens (primary N) is 3. The molecule has 0 bridgehead atoms. The van der Waals surface area contributed by atoms with Crippen LogP contribution in [0.4, 0.5) is 0 Å². The number of phenolic OH excluding ortho intramolecular Hbond substituents is 1. The minimum Gasteiger partial charge on any atom is -0.508 e. The van der Waals surface area contributed by atoms with Gasteiger partial charge in [0.05, 0.1) is 12.1 Å². The van der Waals surface area contributed by atoms with E-state index < -0.39 is 18.0 Å². The van der Waals surface area contributed by atoms with Crippen LogP contribution in [0.15, 0.2) is 24.3 Å². The number of benzene rings is 1. The van der Waals surface area contributed by atoms with Gasteiger partial charge < -0.3 is 27.6 Å². The lowest BCUT2D eigenvalue weighted by Gasteiger charge is -2.21. The molecule has 8 nitrogen and oxygen atoms in total. The average molecular weight is 363 g/mol. The number of nitrogens with zero attached hydrogens (tertiary/aromatic N) is 1. The Morgan fingerprint density at radius 3 is 2.58 bits per heavy atom. The lowest BCUT2D eigenvalue weighted by atomic mass is 10.1. The molecule has 0 unspecified atom stereocenters. The molecule has 8 N–H and O–H groups in total. The quantitative estimate of drug-likeness (QED) is 0.370. The van der Waals surface area contributed by atoms with Crippen molar-refractivity contribution in [2.24, 2.45) is 17.2 Å². The number of phenols is 1. The number of primary amides is 1. The summed E-state index contributed by atoms with van der Waals surface area (Å²) in [6, 6.07) is 5.62. The fourth-order valence-electron chi connectivity index (χ4n) is 3.26. The maximum atomic E-state index is 12.2. The van der Waals surface area contributed by atoms with E-state index in [1.165, 1.54) is 0 Å².